The van der Waals surface area contributed by atoms with Crippen LogP contribution in [0.3, 0.4) is 0 Å². The van der Waals surface area contributed by atoms with E-state index in [-0.39, 0.29) is 11.4 Å². The molecule has 0 aromatic rings. The van der Waals surface area contributed by atoms with Crippen LogP contribution >= 0.6 is 0 Å². The number of hydrogen-bond donors (Lipinski definition) is 1. The number of ether oxygens (including phenoxy) is 1. The van der Waals surface area contributed by atoms with Crippen molar-refractivity contribution in [3.8, 4) is 0 Å². The molecule has 0 radical (unpaired) electrons. The van der Waals surface area contributed by atoms with Gasteiger partial charge in [0.05, 0.1) is 12.0 Å². The van der Waals surface area contributed by atoms with E-state index in [0.717, 1.165) is 25.8 Å². The van der Waals surface area contributed by atoms with E-state index >= 15 is 0 Å². The fourth-order valence-electron chi connectivity index (χ4n) is 1.68. The van der Waals surface area contributed by atoms with Crippen LogP contribution in [-0.2, 0) is 9.53 Å². The first-order chi connectivity index (χ1) is 5.75. The smallest absolute Gasteiger partial charge is 0.313 e. The standard InChI is InChI=1S/C9H17NO2/c1-3-12-8(11)9(7-10-2)5-4-6-9/h10H,3-7H2,1-2H3. The normalized spacial score (nSPS) is 19.8. The number of esters is 1. The van der Waals surface area contributed by atoms with E-state index in [2.05, 4.69) is 5.32 Å². The lowest BCUT2D eigenvalue weighted by molar-refractivity contribution is -0.160. The van der Waals surface area contributed by atoms with Gasteiger partial charge in [-0.3, -0.25) is 4.79 Å². The van der Waals surface area contributed by atoms with Crippen LogP contribution in [0.2, 0.25) is 0 Å². The molecule has 0 saturated heterocycles. The minimum atomic E-state index is -0.190. The van der Waals surface area contributed by atoms with Crippen molar-refractivity contribution in [1.82, 2.24) is 5.32 Å². The predicted octanol–water partition coefficient (Wildman–Crippen LogP) is 0.939. The first-order valence-electron chi connectivity index (χ1n) is 4.57. The Kier molecular flexibility index (Phi) is 3.09. The van der Waals surface area contributed by atoms with Crippen molar-refractivity contribution in [2.24, 2.45) is 5.41 Å². The van der Waals surface area contributed by atoms with Crippen LogP contribution in [0.1, 0.15) is 26.2 Å². The summed E-state index contributed by atoms with van der Waals surface area (Å²) in [7, 11) is 1.87. The van der Waals surface area contributed by atoms with E-state index in [1.807, 2.05) is 14.0 Å². The third-order valence-electron chi connectivity index (χ3n) is 2.53. The summed E-state index contributed by atoms with van der Waals surface area (Å²) in [5.41, 5.74) is -0.190. The Hall–Kier alpha value is -0.570. The van der Waals surface area contributed by atoms with Crippen molar-refractivity contribution in [1.29, 1.82) is 0 Å². The lowest BCUT2D eigenvalue weighted by Gasteiger charge is -2.38. The molecule has 1 aliphatic rings. The molecule has 0 unspecified atom stereocenters. The molecule has 0 atom stereocenters. The molecule has 1 N–H and O–H groups in total. The quantitative estimate of drug-likeness (QED) is 0.640. The molecule has 0 spiro atoms. The fraction of sp³-hybridized carbons (Fsp3) is 0.889. The molecule has 3 heteroatoms. The van der Waals surface area contributed by atoms with Crippen LogP contribution in [0.25, 0.3) is 0 Å². The van der Waals surface area contributed by atoms with Gasteiger partial charge in [0.1, 0.15) is 0 Å². The second-order valence-electron chi connectivity index (χ2n) is 3.38. The topological polar surface area (TPSA) is 38.3 Å². The molecule has 0 heterocycles. The summed E-state index contributed by atoms with van der Waals surface area (Å²) in [5, 5.41) is 3.05. The molecule has 12 heavy (non-hydrogen) atoms. The van der Waals surface area contributed by atoms with Crippen molar-refractivity contribution >= 4 is 5.97 Å². The van der Waals surface area contributed by atoms with Crippen LogP contribution in [0.4, 0.5) is 0 Å². The van der Waals surface area contributed by atoms with Gasteiger partial charge >= 0.3 is 5.97 Å². The molecule has 1 aliphatic carbocycles. The lowest BCUT2D eigenvalue weighted by atomic mass is 9.69. The summed E-state index contributed by atoms with van der Waals surface area (Å²) in [6.45, 7) is 3.10. The highest BCUT2D eigenvalue weighted by molar-refractivity contribution is 5.78. The average Bonchev–Trinajstić information content (AvgIpc) is 1.97. The molecule has 0 bridgehead atoms. The van der Waals surface area contributed by atoms with Gasteiger partial charge in [-0.1, -0.05) is 6.42 Å². The summed E-state index contributed by atoms with van der Waals surface area (Å²) >= 11 is 0. The SMILES string of the molecule is CCOC(=O)C1(CNC)CCC1. The van der Waals surface area contributed by atoms with Crippen LogP contribution in [-0.4, -0.2) is 26.2 Å². The number of carbonyl (C=O) groups is 1. The first-order valence-corrected chi connectivity index (χ1v) is 4.57. The summed E-state index contributed by atoms with van der Waals surface area (Å²) < 4.78 is 5.02. The van der Waals surface area contributed by atoms with Crippen LogP contribution in [0, 0.1) is 5.41 Å². The van der Waals surface area contributed by atoms with Crippen molar-refractivity contribution in [3.63, 3.8) is 0 Å². The Morgan fingerprint density at radius 1 is 1.58 bits per heavy atom. The Bertz CT molecular complexity index is 164. The Morgan fingerprint density at radius 3 is 2.58 bits per heavy atom. The summed E-state index contributed by atoms with van der Waals surface area (Å²) in [4.78, 5) is 11.5. The zero-order chi connectivity index (χ0) is 9.03. The van der Waals surface area contributed by atoms with Gasteiger partial charge in [0.15, 0.2) is 0 Å². The molecule has 0 aliphatic heterocycles. The second-order valence-corrected chi connectivity index (χ2v) is 3.38. The predicted molar refractivity (Wildman–Crippen MR) is 46.8 cm³/mol. The van der Waals surface area contributed by atoms with E-state index in [1.165, 1.54) is 0 Å². The molecule has 1 rings (SSSR count). The van der Waals surface area contributed by atoms with E-state index < -0.39 is 0 Å². The lowest BCUT2D eigenvalue weighted by Crippen LogP contribution is -2.46. The maximum Gasteiger partial charge on any atom is 0.313 e. The third kappa shape index (κ3) is 1.61. The second kappa shape index (κ2) is 3.90. The fourth-order valence-corrected chi connectivity index (χ4v) is 1.68. The average molecular weight is 171 g/mol. The summed E-state index contributed by atoms with van der Waals surface area (Å²) in [5.74, 6) is -0.0226. The molecule has 3 nitrogen and oxygen atoms in total. The van der Waals surface area contributed by atoms with Gasteiger partial charge in [0.2, 0.25) is 0 Å². The van der Waals surface area contributed by atoms with E-state index in [9.17, 15) is 4.79 Å². The van der Waals surface area contributed by atoms with E-state index in [1.54, 1.807) is 0 Å². The van der Waals surface area contributed by atoms with E-state index in [0.29, 0.717) is 6.61 Å². The van der Waals surface area contributed by atoms with Crippen molar-refractivity contribution in [3.05, 3.63) is 0 Å². The van der Waals surface area contributed by atoms with Gasteiger partial charge < -0.3 is 10.1 Å². The molecule has 1 saturated carbocycles. The molecule has 0 aromatic carbocycles. The molecular weight excluding hydrogens is 154 g/mol. The number of nitrogens with one attached hydrogen (secondary N) is 1. The van der Waals surface area contributed by atoms with Crippen LogP contribution in [0.15, 0.2) is 0 Å². The van der Waals surface area contributed by atoms with Crippen molar-refractivity contribution in [2.75, 3.05) is 20.2 Å². The Balaban J connectivity index is 2.47. The van der Waals surface area contributed by atoms with Gasteiger partial charge in [-0.2, -0.15) is 0 Å². The van der Waals surface area contributed by atoms with Gasteiger partial charge in [-0.05, 0) is 26.8 Å². The van der Waals surface area contributed by atoms with Crippen molar-refractivity contribution < 1.29 is 9.53 Å². The molecule has 70 valence electrons. The zero-order valence-corrected chi connectivity index (χ0v) is 7.85. The number of carbonyl (C=O) groups excluding carboxylic acids is 1. The first kappa shape index (κ1) is 9.52. The monoisotopic (exact) mass is 171 g/mol. The highest BCUT2D eigenvalue weighted by Gasteiger charge is 2.44. The Labute approximate surface area is 73.5 Å². The summed E-state index contributed by atoms with van der Waals surface area (Å²) in [6, 6.07) is 0. The highest BCUT2D eigenvalue weighted by atomic mass is 16.5. The Morgan fingerprint density at radius 2 is 2.25 bits per heavy atom. The van der Waals surface area contributed by atoms with Gasteiger partial charge in [0, 0.05) is 6.54 Å². The minimum absolute atomic E-state index is 0.0226. The summed E-state index contributed by atoms with van der Waals surface area (Å²) in [6.07, 6.45) is 3.11. The molecule has 0 amide bonds. The molecule has 1 fully saturated rings. The van der Waals surface area contributed by atoms with E-state index in [4.69, 9.17) is 4.74 Å². The van der Waals surface area contributed by atoms with Crippen LogP contribution < -0.4 is 5.32 Å². The highest BCUT2D eigenvalue weighted by Crippen LogP contribution is 2.41. The van der Waals surface area contributed by atoms with Gasteiger partial charge in [-0.15, -0.1) is 0 Å². The van der Waals surface area contributed by atoms with Crippen LogP contribution in [0.5, 0.6) is 0 Å². The minimum Gasteiger partial charge on any atom is -0.466 e. The van der Waals surface area contributed by atoms with Crippen molar-refractivity contribution in [2.45, 2.75) is 26.2 Å². The largest absolute Gasteiger partial charge is 0.466 e. The van der Waals surface area contributed by atoms with Gasteiger partial charge in [-0.25, -0.2) is 0 Å². The molecule has 0 aromatic heterocycles. The number of rotatable bonds is 4. The van der Waals surface area contributed by atoms with Gasteiger partial charge in [0.25, 0.3) is 0 Å². The number of hydrogen-bond acceptors (Lipinski definition) is 3. The third-order valence-corrected chi connectivity index (χ3v) is 2.53. The maximum absolute atomic E-state index is 11.5. The molecular formula is C9H17NO2. The maximum atomic E-state index is 11.5. The zero-order valence-electron chi connectivity index (χ0n) is 7.85.